The number of hydrogen-bond acceptors (Lipinski definition) is 5. The van der Waals surface area contributed by atoms with Crippen molar-refractivity contribution in [1.29, 1.82) is 0 Å². The Hall–Kier alpha value is -1.20. The highest BCUT2D eigenvalue weighted by Crippen LogP contribution is 2.66. The fourth-order valence-electron chi connectivity index (χ4n) is 7.34. The number of rotatable bonds is 5. The topological polar surface area (TPSA) is 61.8 Å². The first-order valence-electron chi connectivity index (χ1n) is 11.4. The Morgan fingerprint density at radius 3 is 2.66 bits per heavy atom. The van der Waals surface area contributed by atoms with Crippen LogP contribution in [-0.2, 0) is 23.8 Å². The van der Waals surface area contributed by atoms with Crippen LogP contribution in [0, 0.1) is 28.6 Å². The zero-order valence-electron chi connectivity index (χ0n) is 18.4. The molecule has 0 bridgehead atoms. The number of carbonyl (C=O) groups excluding carboxylic acids is 2. The van der Waals surface area contributed by atoms with Crippen LogP contribution in [0.4, 0.5) is 0 Å². The van der Waals surface area contributed by atoms with E-state index in [0.717, 1.165) is 44.9 Å². The summed E-state index contributed by atoms with van der Waals surface area (Å²) in [5, 5.41) is 0. The summed E-state index contributed by atoms with van der Waals surface area (Å²) in [6, 6.07) is 0. The van der Waals surface area contributed by atoms with Crippen LogP contribution in [0.3, 0.4) is 0 Å². The Morgan fingerprint density at radius 2 is 1.93 bits per heavy atom. The van der Waals surface area contributed by atoms with Gasteiger partial charge in [0.1, 0.15) is 18.5 Å². The summed E-state index contributed by atoms with van der Waals surface area (Å²) < 4.78 is 17.6. The molecule has 0 heterocycles. The SMILES string of the molecule is CCOCO[C@@]12C=CC(=O)[C@@]1(C)CC[C@@H]1[C@H]2CCC2CC(OC(C)=O)CC[C@@]21C. The Kier molecular flexibility index (Phi) is 5.44. The first kappa shape index (κ1) is 21.0. The second-order valence-corrected chi connectivity index (χ2v) is 10.1. The van der Waals surface area contributed by atoms with E-state index in [1.165, 1.54) is 6.92 Å². The van der Waals surface area contributed by atoms with Gasteiger partial charge in [0.15, 0.2) is 5.78 Å². The Labute approximate surface area is 174 Å². The molecule has 5 nitrogen and oxygen atoms in total. The van der Waals surface area contributed by atoms with Crippen LogP contribution in [0.15, 0.2) is 12.2 Å². The largest absolute Gasteiger partial charge is 0.463 e. The molecule has 162 valence electrons. The van der Waals surface area contributed by atoms with Crippen LogP contribution in [0.25, 0.3) is 0 Å². The van der Waals surface area contributed by atoms with Gasteiger partial charge >= 0.3 is 5.97 Å². The van der Waals surface area contributed by atoms with Gasteiger partial charge in [-0.15, -0.1) is 0 Å². The van der Waals surface area contributed by atoms with E-state index in [2.05, 4.69) is 19.9 Å². The predicted octanol–water partition coefficient (Wildman–Crippen LogP) is 4.44. The van der Waals surface area contributed by atoms with Gasteiger partial charge in [-0.1, -0.05) is 6.92 Å². The summed E-state index contributed by atoms with van der Waals surface area (Å²) in [4.78, 5) is 24.3. The van der Waals surface area contributed by atoms with Crippen LogP contribution in [0.1, 0.15) is 72.6 Å². The molecule has 0 radical (unpaired) electrons. The van der Waals surface area contributed by atoms with E-state index in [1.54, 1.807) is 6.08 Å². The average Bonchev–Trinajstić information content (AvgIpc) is 2.94. The number of esters is 1. The fraction of sp³-hybridized carbons (Fsp3) is 0.833. The molecule has 0 aromatic carbocycles. The third-order valence-corrected chi connectivity index (χ3v) is 8.96. The minimum atomic E-state index is -0.553. The van der Waals surface area contributed by atoms with Gasteiger partial charge in [0.05, 0.1) is 5.41 Å². The molecular weight excluding hydrogens is 368 g/mol. The number of fused-ring (bicyclic) bond motifs is 5. The Balaban J connectivity index is 1.61. The lowest BCUT2D eigenvalue weighted by Gasteiger charge is -2.63. The van der Waals surface area contributed by atoms with Gasteiger partial charge in [0, 0.05) is 13.5 Å². The highest BCUT2D eigenvalue weighted by Gasteiger charge is 2.67. The van der Waals surface area contributed by atoms with Crippen molar-refractivity contribution in [2.45, 2.75) is 84.3 Å². The van der Waals surface area contributed by atoms with Crippen LogP contribution >= 0.6 is 0 Å². The summed E-state index contributed by atoms with van der Waals surface area (Å²) in [6.45, 7) is 8.86. The standard InChI is InChI=1S/C24H36O5/c1-5-27-15-28-24-13-10-21(26)23(24,4)12-9-19-20(24)7-6-17-14-18(29-16(2)25)8-11-22(17,19)3/h10,13,17-20H,5-9,11-12,14-15H2,1-4H3/t17?,18?,19-,20-,22+,23-,24-/m1/s1. The van der Waals surface area contributed by atoms with Gasteiger partial charge < -0.3 is 14.2 Å². The maximum absolute atomic E-state index is 12.9. The normalized spacial score (nSPS) is 46.0. The van der Waals surface area contributed by atoms with Crippen molar-refractivity contribution in [3.63, 3.8) is 0 Å². The fourth-order valence-corrected chi connectivity index (χ4v) is 7.34. The minimum Gasteiger partial charge on any atom is -0.463 e. The molecule has 0 aromatic rings. The molecule has 3 saturated carbocycles. The third kappa shape index (κ3) is 3.11. The molecule has 0 amide bonds. The summed E-state index contributed by atoms with van der Waals surface area (Å²) in [5.74, 6) is 1.45. The third-order valence-electron chi connectivity index (χ3n) is 8.96. The van der Waals surface area contributed by atoms with Crippen molar-refractivity contribution in [3.05, 3.63) is 12.2 Å². The van der Waals surface area contributed by atoms with Crippen LogP contribution in [-0.4, -0.2) is 36.9 Å². The Morgan fingerprint density at radius 1 is 1.14 bits per heavy atom. The molecule has 0 N–H and O–H groups in total. The minimum absolute atomic E-state index is 0.0621. The molecule has 5 heteroatoms. The van der Waals surface area contributed by atoms with Gasteiger partial charge in [0.25, 0.3) is 0 Å². The number of ether oxygens (including phenoxy) is 3. The van der Waals surface area contributed by atoms with Crippen LogP contribution < -0.4 is 0 Å². The highest BCUT2D eigenvalue weighted by molar-refractivity contribution is 5.99. The van der Waals surface area contributed by atoms with E-state index < -0.39 is 11.0 Å². The van der Waals surface area contributed by atoms with Crippen molar-refractivity contribution < 1.29 is 23.8 Å². The number of ketones is 1. The molecule has 0 spiro atoms. The predicted molar refractivity (Wildman–Crippen MR) is 109 cm³/mol. The van der Waals surface area contributed by atoms with Crippen molar-refractivity contribution in [1.82, 2.24) is 0 Å². The maximum atomic E-state index is 12.9. The van der Waals surface area contributed by atoms with E-state index in [-0.39, 0.29) is 30.1 Å². The van der Waals surface area contributed by atoms with Gasteiger partial charge in [-0.2, -0.15) is 0 Å². The number of hydrogen-bond donors (Lipinski definition) is 0. The first-order chi connectivity index (χ1) is 13.8. The summed E-state index contributed by atoms with van der Waals surface area (Å²) in [5.41, 5.74) is -0.825. The van der Waals surface area contributed by atoms with E-state index in [1.807, 2.05) is 6.92 Å². The van der Waals surface area contributed by atoms with Crippen LogP contribution in [0.5, 0.6) is 0 Å². The summed E-state index contributed by atoms with van der Waals surface area (Å²) in [6.07, 6.45) is 11.0. The Bertz CT molecular complexity index is 701. The van der Waals surface area contributed by atoms with E-state index in [9.17, 15) is 9.59 Å². The van der Waals surface area contributed by atoms with Crippen molar-refractivity contribution in [2.24, 2.45) is 28.6 Å². The van der Waals surface area contributed by atoms with Gasteiger partial charge in [-0.3, -0.25) is 9.59 Å². The molecular formula is C24H36O5. The highest BCUT2D eigenvalue weighted by atomic mass is 16.7. The zero-order chi connectivity index (χ0) is 20.9. The second kappa shape index (κ2) is 7.49. The molecule has 2 unspecified atom stereocenters. The molecule has 0 aliphatic heterocycles. The van der Waals surface area contributed by atoms with Crippen molar-refractivity contribution in [2.75, 3.05) is 13.4 Å². The zero-order valence-corrected chi connectivity index (χ0v) is 18.4. The van der Waals surface area contributed by atoms with Crippen molar-refractivity contribution >= 4 is 11.8 Å². The van der Waals surface area contributed by atoms with Gasteiger partial charge in [0.2, 0.25) is 0 Å². The lowest BCUT2D eigenvalue weighted by atomic mass is 9.44. The molecule has 0 saturated heterocycles. The monoisotopic (exact) mass is 404 g/mol. The molecule has 29 heavy (non-hydrogen) atoms. The van der Waals surface area contributed by atoms with E-state index in [4.69, 9.17) is 14.2 Å². The second-order valence-electron chi connectivity index (χ2n) is 10.1. The van der Waals surface area contributed by atoms with Crippen LogP contribution in [0.2, 0.25) is 0 Å². The molecule has 4 aliphatic rings. The lowest BCUT2D eigenvalue weighted by Crippen LogP contribution is -2.63. The van der Waals surface area contributed by atoms with E-state index in [0.29, 0.717) is 24.4 Å². The summed E-state index contributed by atoms with van der Waals surface area (Å²) in [7, 11) is 0. The quantitative estimate of drug-likeness (QED) is 0.385. The molecule has 4 aliphatic carbocycles. The van der Waals surface area contributed by atoms with Gasteiger partial charge in [-0.25, -0.2) is 0 Å². The first-order valence-corrected chi connectivity index (χ1v) is 11.4. The van der Waals surface area contributed by atoms with Crippen molar-refractivity contribution in [3.8, 4) is 0 Å². The summed E-state index contributed by atoms with van der Waals surface area (Å²) >= 11 is 0. The van der Waals surface area contributed by atoms with E-state index >= 15 is 0 Å². The molecule has 4 rings (SSSR count). The van der Waals surface area contributed by atoms with Gasteiger partial charge in [-0.05, 0) is 94.1 Å². The average molecular weight is 405 g/mol. The maximum Gasteiger partial charge on any atom is 0.302 e. The lowest BCUT2D eigenvalue weighted by molar-refractivity contribution is -0.236. The number of allylic oxidation sites excluding steroid dienone is 1. The molecule has 0 aromatic heterocycles. The number of carbonyl (C=O) groups is 2. The smallest absolute Gasteiger partial charge is 0.302 e. The molecule has 3 fully saturated rings. The molecule has 7 atom stereocenters.